The van der Waals surface area contributed by atoms with Gasteiger partial charge in [-0.15, -0.1) is 0 Å². The average Bonchev–Trinajstić information content (AvgIpc) is 2.65. The molecule has 1 aliphatic rings. The molecule has 26 heavy (non-hydrogen) atoms. The molecule has 1 aliphatic heterocycles. The van der Waals surface area contributed by atoms with Crippen molar-refractivity contribution < 1.29 is 18.7 Å². The SMILES string of the molecule is CN(CCCNC(=O)C1Cc2ccccc2C(=O)O1)c1ccccc1F. The Morgan fingerprint density at radius 1 is 1.23 bits per heavy atom. The van der Waals surface area contributed by atoms with Crippen LogP contribution in [-0.2, 0) is 16.0 Å². The average molecular weight is 356 g/mol. The van der Waals surface area contributed by atoms with Gasteiger partial charge in [0.25, 0.3) is 5.91 Å². The molecule has 0 radical (unpaired) electrons. The molecule has 136 valence electrons. The van der Waals surface area contributed by atoms with E-state index in [-0.39, 0.29) is 11.7 Å². The first-order valence-corrected chi connectivity index (χ1v) is 8.58. The lowest BCUT2D eigenvalue weighted by molar-refractivity contribution is -0.130. The van der Waals surface area contributed by atoms with E-state index in [9.17, 15) is 14.0 Å². The Bertz CT molecular complexity index is 809. The van der Waals surface area contributed by atoms with Crippen LogP contribution >= 0.6 is 0 Å². The summed E-state index contributed by atoms with van der Waals surface area (Å²) < 4.78 is 18.9. The van der Waals surface area contributed by atoms with Crippen LogP contribution in [0.1, 0.15) is 22.3 Å². The number of hydrogen-bond donors (Lipinski definition) is 1. The number of hydrogen-bond acceptors (Lipinski definition) is 4. The lowest BCUT2D eigenvalue weighted by atomic mass is 9.98. The Hall–Kier alpha value is -2.89. The number of nitrogens with zero attached hydrogens (tertiary/aromatic N) is 1. The Labute approximate surface area is 151 Å². The maximum Gasteiger partial charge on any atom is 0.339 e. The van der Waals surface area contributed by atoms with Gasteiger partial charge in [0.2, 0.25) is 0 Å². The van der Waals surface area contributed by atoms with Gasteiger partial charge < -0.3 is 15.0 Å². The maximum absolute atomic E-state index is 13.7. The predicted octanol–water partition coefficient (Wildman–Crippen LogP) is 2.55. The molecule has 3 rings (SSSR count). The van der Waals surface area contributed by atoms with E-state index in [4.69, 9.17) is 4.74 Å². The summed E-state index contributed by atoms with van der Waals surface area (Å²) in [6, 6.07) is 13.7. The van der Waals surface area contributed by atoms with Crippen LogP contribution in [0.25, 0.3) is 0 Å². The zero-order valence-electron chi connectivity index (χ0n) is 14.6. The highest BCUT2D eigenvalue weighted by molar-refractivity contribution is 5.95. The standard InChI is InChI=1S/C20H21FN2O3/c1-23(17-10-5-4-9-16(17)21)12-6-11-22-19(24)18-13-14-7-2-3-8-15(14)20(25)26-18/h2-5,7-10,18H,6,11-13H2,1H3,(H,22,24). The summed E-state index contributed by atoms with van der Waals surface area (Å²) in [5, 5.41) is 2.79. The summed E-state index contributed by atoms with van der Waals surface area (Å²) in [5.41, 5.74) is 1.86. The van der Waals surface area contributed by atoms with Crippen molar-refractivity contribution in [2.24, 2.45) is 0 Å². The van der Waals surface area contributed by atoms with Crippen LogP contribution in [0.15, 0.2) is 48.5 Å². The number of rotatable bonds is 6. The molecule has 0 saturated heterocycles. The van der Waals surface area contributed by atoms with Crippen LogP contribution < -0.4 is 10.2 Å². The molecule has 2 aromatic carbocycles. The number of amides is 1. The molecule has 0 aromatic heterocycles. The summed E-state index contributed by atoms with van der Waals surface area (Å²) in [6.45, 7) is 1.02. The number of benzene rings is 2. The van der Waals surface area contributed by atoms with E-state index in [1.54, 1.807) is 42.3 Å². The number of cyclic esters (lactones) is 1. The molecule has 1 atom stereocenters. The highest BCUT2D eigenvalue weighted by Gasteiger charge is 2.30. The molecular formula is C20H21FN2O3. The van der Waals surface area contributed by atoms with Gasteiger partial charge in [0.15, 0.2) is 6.10 Å². The van der Waals surface area contributed by atoms with Gasteiger partial charge in [-0.3, -0.25) is 4.79 Å². The number of ether oxygens (including phenoxy) is 1. The molecule has 2 aromatic rings. The number of fused-ring (bicyclic) bond motifs is 1. The zero-order chi connectivity index (χ0) is 18.5. The lowest BCUT2D eigenvalue weighted by Gasteiger charge is -2.24. The molecular weight excluding hydrogens is 335 g/mol. The maximum atomic E-state index is 13.7. The van der Waals surface area contributed by atoms with Crippen molar-refractivity contribution in [3.63, 3.8) is 0 Å². The molecule has 0 spiro atoms. The molecule has 6 heteroatoms. The molecule has 0 aliphatic carbocycles. The van der Waals surface area contributed by atoms with Crippen molar-refractivity contribution in [3.05, 3.63) is 65.5 Å². The second kappa shape index (κ2) is 7.99. The van der Waals surface area contributed by atoms with Gasteiger partial charge in [-0.2, -0.15) is 0 Å². The second-order valence-corrected chi connectivity index (χ2v) is 6.27. The Morgan fingerprint density at radius 2 is 1.96 bits per heavy atom. The number of carbonyl (C=O) groups is 2. The van der Waals surface area contributed by atoms with Crippen LogP contribution in [-0.4, -0.2) is 38.1 Å². The number of esters is 1. The molecule has 5 nitrogen and oxygen atoms in total. The van der Waals surface area contributed by atoms with Crippen LogP contribution in [0.3, 0.4) is 0 Å². The lowest BCUT2D eigenvalue weighted by Crippen LogP contribution is -2.42. The minimum atomic E-state index is -0.804. The number of para-hydroxylation sites is 1. The molecule has 1 N–H and O–H groups in total. The van der Waals surface area contributed by atoms with Crippen LogP contribution in [0.2, 0.25) is 0 Å². The normalized spacial score (nSPS) is 15.8. The van der Waals surface area contributed by atoms with Crippen molar-refractivity contribution in [3.8, 4) is 0 Å². The van der Waals surface area contributed by atoms with Gasteiger partial charge in [-0.05, 0) is 30.2 Å². The van der Waals surface area contributed by atoms with E-state index < -0.39 is 12.1 Å². The van der Waals surface area contributed by atoms with Crippen LogP contribution in [0, 0.1) is 5.82 Å². The zero-order valence-corrected chi connectivity index (χ0v) is 14.6. The molecule has 1 heterocycles. The third-order valence-corrected chi connectivity index (χ3v) is 4.42. The van der Waals surface area contributed by atoms with Crippen molar-refractivity contribution >= 4 is 17.6 Å². The molecule has 0 saturated carbocycles. The summed E-state index contributed by atoms with van der Waals surface area (Å²) in [5.74, 6) is -1.04. The Kier molecular flexibility index (Phi) is 5.51. The predicted molar refractivity (Wildman–Crippen MR) is 96.6 cm³/mol. The van der Waals surface area contributed by atoms with Gasteiger partial charge in [0, 0.05) is 26.6 Å². The van der Waals surface area contributed by atoms with E-state index in [0.29, 0.717) is 37.2 Å². The van der Waals surface area contributed by atoms with E-state index in [1.807, 2.05) is 12.1 Å². The van der Waals surface area contributed by atoms with Crippen LogP contribution in [0.4, 0.5) is 10.1 Å². The smallest absolute Gasteiger partial charge is 0.339 e. The molecule has 0 bridgehead atoms. The van der Waals surface area contributed by atoms with Crippen molar-refractivity contribution in [1.82, 2.24) is 5.32 Å². The summed E-state index contributed by atoms with van der Waals surface area (Å²) >= 11 is 0. The minimum absolute atomic E-state index is 0.271. The quantitative estimate of drug-likeness (QED) is 0.638. The highest BCUT2D eigenvalue weighted by atomic mass is 19.1. The summed E-state index contributed by atoms with van der Waals surface area (Å²) in [7, 11) is 1.81. The Balaban J connectivity index is 1.46. The third kappa shape index (κ3) is 4.02. The molecule has 1 unspecified atom stereocenters. The number of carbonyl (C=O) groups excluding carboxylic acids is 2. The van der Waals surface area contributed by atoms with Gasteiger partial charge >= 0.3 is 5.97 Å². The number of halogens is 1. The second-order valence-electron chi connectivity index (χ2n) is 6.27. The van der Waals surface area contributed by atoms with Gasteiger partial charge in [0.05, 0.1) is 11.3 Å². The van der Waals surface area contributed by atoms with Gasteiger partial charge in [-0.1, -0.05) is 30.3 Å². The minimum Gasteiger partial charge on any atom is -0.448 e. The number of nitrogens with one attached hydrogen (secondary N) is 1. The number of anilines is 1. The largest absolute Gasteiger partial charge is 0.448 e. The topological polar surface area (TPSA) is 58.6 Å². The fourth-order valence-corrected chi connectivity index (χ4v) is 3.00. The van der Waals surface area contributed by atoms with Crippen LogP contribution in [0.5, 0.6) is 0 Å². The fourth-order valence-electron chi connectivity index (χ4n) is 3.00. The highest BCUT2D eigenvalue weighted by Crippen LogP contribution is 2.20. The van der Waals surface area contributed by atoms with E-state index in [1.165, 1.54) is 6.07 Å². The summed E-state index contributed by atoms with van der Waals surface area (Å²) in [6.07, 6.45) is 0.221. The molecule has 1 amide bonds. The van der Waals surface area contributed by atoms with Crippen molar-refractivity contribution in [2.75, 3.05) is 25.0 Å². The van der Waals surface area contributed by atoms with E-state index in [0.717, 1.165) is 5.56 Å². The van der Waals surface area contributed by atoms with Gasteiger partial charge in [0.1, 0.15) is 5.82 Å². The van der Waals surface area contributed by atoms with Gasteiger partial charge in [-0.25, -0.2) is 9.18 Å². The monoisotopic (exact) mass is 356 g/mol. The Morgan fingerprint density at radius 3 is 2.77 bits per heavy atom. The van der Waals surface area contributed by atoms with E-state index >= 15 is 0 Å². The fraction of sp³-hybridized carbons (Fsp3) is 0.300. The first kappa shape index (κ1) is 17.9. The first-order chi connectivity index (χ1) is 12.6. The summed E-state index contributed by atoms with van der Waals surface area (Å²) in [4.78, 5) is 26.0. The van der Waals surface area contributed by atoms with E-state index in [2.05, 4.69) is 5.32 Å². The van der Waals surface area contributed by atoms with Crippen molar-refractivity contribution in [2.45, 2.75) is 18.9 Å². The third-order valence-electron chi connectivity index (χ3n) is 4.42. The molecule has 0 fully saturated rings. The first-order valence-electron chi connectivity index (χ1n) is 8.58. The van der Waals surface area contributed by atoms with Crippen molar-refractivity contribution in [1.29, 1.82) is 0 Å².